The maximum absolute atomic E-state index is 12.9. The summed E-state index contributed by atoms with van der Waals surface area (Å²) in [6, 6.07) is 14.3. The van der Waals surface area contributed by atoms with Crippen molar-refractivity contribution in [1.82, 2.24) is 10.2 Å². The highest BCUT2D eigenvalue weighted by molar-refractivity contribution is 7.80. The molecular weight excluding hydrogens is 434 g/mol. The first-order chi connectivity index (χ1) is 16.1. The Balaban J connectivity index is 1.53. The van der Waals surface area contributed by atoms with Crippen LogP contribution >= 0.6 is 12.2 Å². The molecule has 0 unspecified atom stereocenters. The molecule has 1 saturated heterocycles. The summed E-state index contributed by atoms with van der Waals surface area (Å²) in [5.41, 5.74) is 1.62. The molecule has 0 spiro atoms. The van der Waals surface area contributed by atoms with Crippen molar-refractivity contribution in [3.63, 3.8) is 0 Å². The molecule has 2 aromatic carbocycles. The van der Waals surface area contributed by atoms with Gasteiger partial charge in [0.15, 0.2) is 5.11 Å². The Morgan fingerprint density at radius 2 is 1.70 bits per heavy atom. The molecule has 2 amide bonds. The molecule has 6 nitrogen and oxygen atoms in total. The van der Waals surface area contributed by atoms with Gasteiger partial charge in [-0.25, -0.2) is 0 Å². The predicted octanol–water partition coefficient (Wildman–Crippen LogP) is 5.40. The standard InChI is InChI=1S/C26H33N3O3S/c1-2-3-4-10-19-32-21-15-13-20(14-16-21)24(30)28-26(33)27-23-12-7-6-11-22(23)25(31)29-17-8-5-9-18-29/h6-7,11-16H,2-5,8-10,17-19H2,1H3,(H2,27,28,30,33). The topological polar surface area (TPSA) is 70.7 Å². The van der Waals surface area contributed by atoms with E-state index in [1.54, 1.807) is 36.4 Å². The highest BCUT2D eigenvalue weighted by Gasteiger charge is 2.21. The van der Waals surface area contributed by atoms with Gasteiger partial charge in [-0.2, -0.15) is 0 Å². The van der Waals surface area contributed by atoms with Crippen molar-refractivity contribution in [1.29, 1.82) is 0 Å². The Morgan fingerprint density at radius 1 is 0.970 bits per heavy atom. The quantitative estimate of drug-likeness (QED) is 0.382. The molecular formula is C26H33N3O3S. The van der Waals surface area contributed by atoms with Crippen LogP contribution in [0.1, 0.15) is 72.6 Å². The number of unbranched alkanes of at least 4 members (excludes halogenated alkanes) is 3. The van der Waals surface area contributed by atoms with Crippen molar-refractivity contribution in [3.8, 4) is 5.75 Å². The first-order valence-electron chi connectivity index (χ1n) is 11.8. The molecule has 1 heterocycles. The third kappa shape index (κ3) is 7.56. The number of carbonyl (C=O) groups excluding carboxylic acids is 2. The summed E-state index contributed by atoms with van der Waals surface area (Å²) in [6.45, 7) is 4.40. The number of thiocarbonyl (C=S) groups is 1. The molecule has 1 fully saturated rings. The summed E-state index contributed by atoms with van der Waals surface area (Å²) >= 11 is 5.34. The van der Waals surface area contributed by atoms with Crippen LogP contribution in [0.5, 0.6) is 5.75 Å². The monoisotopic (exact) mass is 467 g/mol. The number of amides is 2. The minimum Gasteiger partial charge on any atom is -0.494 e. The van der Waals surface area contributed by atoms with Crippen molar-refractivity contribution < 1.29 is 14.3 Å². The molecule has 1 aliphatic rings. The SMILES string of the molecule is CCCCCCOc1ccc(C(=O)NC(=S)Nc2ccccc2C(=O)N2CCCCC2)cc1. The van der Waals surface area contributed by atoms with Crippen molar-refractivity contribution in [2.75, 3.05) is 25.0 Å². The van der Waals surface area contributed by atoms with Gasteiger partial charge in [-0.05, 0) is 74.3 Å². The fourth-order valence-corrected chi connectivity index (χ4v) is 4.00. The Kier molecular flexibility index (Phi) is 9.69. The number of hydrogen-bond acceptors (Lipinski definition) is 4. The lowest BCUT2D eigenvalue weighted by molar-refractivity contribution is 0.0725. The van der Waals surface area contributed by atoms with Crippen molar-refractivity contribution in [3.05, 3.63) is 59.7 Å². The highest BCUT2D eigenvalue weighted by atomic mass is 32.1. The zero-order chi connectivity index (χ0) is 23.5. The molecule has 0 bridgehead atoms. The molecule has 2 N–H and O–H groups in total. The number of piperidine rings is 1. The average molecular weight is 468 g/mol. The number of nitrogens with one attached hydrogen (secondary N) is 2. The van der Waals surface area contributed by atoms with Crippen LogP contribution in [0.3, 0.4) is 0 Å². The molecule has 3 rings (SSSR count). The summed E-state index contributed by atoms with van der Waals surface area (Å²) in [6.07, 6.45) is 7.81. The smallest absolute Gasteiger partial charge is 0.257 e. The number of ether oxygens (including phenoxy) is 1. The number of carbonyl (C=O) groups is 2. The number of rotatable bonds is 9. The van der Waals surface area contributed by atoms with E-state index in [9.17, 15) is 9.59 Å². The van der Waals surface area contributed by atoms with Crippen LogP contribution in [-0.4, -0.2) is 41.5 Å². The molecule has 0 atom stereocenters. The maximum Gasteiger partial charge on any atom is 0.257 e. The Labute approximate surface area is 201 Å². The van der Waals surface area contributed by atoms with E-state index in [4.69, 9.17) is 17.0 Å². The van der Waals surface area contributed by atoms with Gasteiger partial charge in [0.1, 0.15) is 5.75 Å². The van der Waals surface area contributed by atoms with Gasteiger partial charge in [0.05, 0.1) is 17.9 Å². The van der Waals surface area contributed by atoms with E-state index in [-0.39, 0.29) is 16.9 Å². The third-order valence-corrected chi connectivity index (χ3v) is 5.86. The molecule has 0 saturated carbocycles. The first kappa shape index (κ1) is 24.7. The highest BCUT2D eigenvalue weighted by Crippen LogP contribution is 2.20. The largest absolute Gasteiger partial charge is 0.494 e. The Hall–Kier alpha value is -2.93. The van der Waals surface area contributed by atoms with E-state index in [0.717, 1.165) is 50.9 Å². The predicted molar refractivity (Wildman–Crippen MR) is 136 cm³/mol. The van der Waals surface area contributed by atoms with Crippen molar-refractivity contribution >= 4 is 34.8 Å². The van der Waals surface area contributed by atoms with Crippen LogP contribution in [0.2, 0.25) is 0 Å². The molecule has 0 aliphatic carbocycles. The van der Waals surface area contributed by atoms with Gasteiger partial charge in [0.25, 0.3) is 11.8 Å². The molecule has 1 aliphatic heterocycles. The number of benzene rings is 2. The maximum atomic E-state index is 12.9. The van der Waals surface area contributed by atoms with Gasteiger partial charge in [-0.1, -0.05) is 38.3 Å². The fourth-order valence-electron chi connectivity index (χ4n) is 3.80. The average Bonchev–Trinajstić information content (AvgIpc) is 2.84. The van der Waals surface area contributed by atoms with Crippen LogP contribution in [0.15, 0.2) is 48.5 Å². The van der Waals surface area contributed by atoms with Gasteiger partial charge in [0.2, 0.25) is 0 Å². The number of para-hydroxylation sites is 1. The van der Waals surface area contributed by atoms with Crippen LogP contribution < -0.4 is 15.4 Å². The van der Waals surface area contributed by atoms with Gasteiger partial charge in [0, 0.05) is 18.7 Å². The van der Waals surface area contributed by atoms with Crippen LogP contribution in [0.4, 0.5) is 5.69 Å². The van der Waals surface area contributed by atoms with E-state index in [1.807, 2.05) is 17.0 Å². The van der Waals surface area contributed by atoms with Gasteiger partial charge < -0.3 is 15.0 Å². The van der Waals surface area contributed by atoms with E-state index in [1.165, 1.54) is 12.8 Å². The van der Waals surface area contributed by atoms with E-state index < -0.39 is 0 Å². The molecule has 7 heteroatoms. The lowest BCUT2D eigenvalue weighted by Gasteiger charge is -2.27. The van der Waals surface area contributed by atoms with Crippen molar-refractivity contribution in [2.45, 2.75) is 51.9 Å². The van der Waals surface area contributed by atoms with E-state index in [0.29, 0.717) is 23.4 Å². The van der Waals surface area contributed by atoms with Crippen LogP contribution in [0, 0.1) is 0 Å². The second-order valence-corrected chi connectivity index (χ2v) is 8.65. The van der Waals surface area contributed by atoms with E-state index in [2.05, 4.69) is 17.6 Å². The molecule has 33 heavy (non-hydrogen) atoms. The van der Waals surface area contributed by atoms with E-state index >= 15 is 0 Å². The lowest BCUT2D eigenvalue weighted by atomic mass is 10.1. The number of hydrogen-bond donors (Lipinski definition) is 2. The van der Waals surface area contributed by atoms with Gasteiger partial charge in [-0.3, -0.25) is 14.9 Å². The Bertz CT molecular complexity index is 940. The zero-order valence-electron chi connectivity index (χ0n) is 19.3. The van der Waals surface area contributed by atoms with Gasteiger partial charge in [-0.15, -0.1) is 0 Å². The number of anilines is 1. The second kappa shape index (κ2) is 12.9. The normalized spacial score (nSPS) is 13.3. The Morgan fingerprint density at radius 3 is 2.42 bits per heavy atom. The van der Waals surface area contributed by atoms with Gasteiger partial charge >= 0.3 is 0 Å². The third-order valence-electron chi connectivity index (χ3n) is 5.66. The summed E-state index contributed by atoms with van der Waals surface area (Å²) in [4.78, 5) is 27.4. The van der Waals surface area contributed by atoms with Crippen LogP contribution in [0.25, 0.3) is 0 Å². The fraction of sp³-hybridized carbons (Fsp3) is 0.423. The van der Waals surface area contributed by atoms with Crippen molar-refractivity contribution in [2.24, 2.45) is 0 Å². The second-order valence-electron chi connectivity index (χ2n) is 8.24. The zero-order valence-corrected chi connectivity index (χ0v) is 20.1. The minimum absolute atomic E-state index is 0.0165. The summed E-state index contributed by atoms with van der Waals surface area (Å²) in [5.74, 6) is 0.410. The van der Waals surface area contributed by atoms with Crippen LogP contribution in [-0.2, 0) is 0 Å². The lowest BCUT2D eigenvalue weighted by Crippen LogP contribution is -2.37. The minimum atomic E-state index is -0.318. The molecule has 2 aromatic rings. The summed E-state index contributed by atoms with van der Waals surface area (Å²) < 4.78 is 5.73. The summed E-state index contributed by atoms with van der Waals surface area (Å²) in [7, 11) is 0. The molecule has 0 aromatic heterocycles. The molecule has 176 valence electrons. The number of nitrogens with zero attached hydrogens (tertiary/aromatic N) is 1. The summed E-state index contributed by atoms with van der Waals surface area (Å²) in [5, 5.41) is 5.85. The first-order valence-corrected chi connectivity index (χ1v) is 12.2. The number of likely N-dealkylation sites (tertiary alicyclic amines) is 1. The molecule has 0 radical (unpaired) electrons.